The van der Waals surface area contributed by atoms with Crippen LogP contribution < -0.4 is 4.90 Å². The molecule has 0 saturated carbocycles. The zero-order valence-electron chi connectivity index (χ0n) is 12.6. The Labute approximate surface area is 129 Å². The Morgan fingerprint density at radius 1 is 1.32 bits per heavy atom. The summed E-state index contributed by atoms with van der Waals surface area (Å²) in [5.74, 6) is -0.789. The van der Waals surface area contributed by atoms with Gasteiger partial charge in [0.05, 0.1) is 7.11 Å². The molecule has 0 aliphatic carbocycles. The average Bonchev–Trinajstić information content (AvgIpc) is 2.75. The predicted octanol–water partition coefficient (Wildman–Crippen LogP) is 2.96. The number of Topliss-reactive ketones (excluding diaryl/α,β-unsaturated/α-hetero) is 1. The summed E-state index contributed by atoms with van der Waals surface area (Å²) < 4.78 is 4.91. The van der Waals surface area contributed by atoms with Gasteiger partial charge in [0, 0.05) is 24.7 Å². The van der Waals surface area contributed by atoms with Gasteiger partial charge in [0.15, 0.2) is 0 Å². The Morgan fingerprint density at radius 3 is 2.55 bits per heavy atom. The molecule has 0 aromatic heterocycles. The summed E-state index contributed by atoms with van der Waals surface area (Å²) >= 11 is 0. The second-order valence-electron chi connectivity index (χ2n) is 5.45. The second-order valence-corrected chi connectivity index (χ2v) is 5.45. The lowest BCUT2D eigenvalue weighted by Gasteiger charge is -2.32. The van der Waals surface area contributed by atoms with Crippen LogP contribution in [0.3, 0.4) is 0 Å². The summed E-state index contributed by atoms with van der Waals surface area (Å²) in [7, 11) is 3.05. The van der Waals surface area contributed by atoms with Crippen LogP contribution in [0.15, 0.2) is 49.1 Å². The van der Waals surface area contributed by atoms with Gasteiger partial charge in [-0.05, 0) is 22.9 Å². The lowest BCUT2D eigenvalue weighted by atomic mass is 9.89. The number of ether oxygens (including phenoxy) is 1. The first kappa shape index (κ1) is 14.3. The molecule has 3 rings (SSSR count). The molecule has 0 amide bonds. The van der Waals surface area contributed by atoms with Gasteiger partial charge in [-0.25, -0.2) is 4.79 Å². The fourth-order valence-electron chi connectivity index (χ4n) is 3.19. The van der Waals surface area contributed by atoms with Crippen LogP contribution in [0.25, 0.3) is 10.8 Å². The summed E-state index contributed by atoms with van der Waals surface area (Å²) in [5.41, 5.74) is -0.0552. The maximum Gasteiger partial charge on any atom is 0.340 e. The predicted molar refractivity (Wildman–Crippen MR) is 86.2 cm³/mol. The first-order valence-corrected chi connectivity index (χ1v) is 7.07. The highest BCUT2D eigenvalue weighted by molar-refractivity contribution is 6.26. The molecule has 0 fully saturated rings. The van der Waals surface area contributed by atoms with Crippen LogP contribution in [0.4, 0.5) is 5.69 Å². The highest BCUT2D eigenvalue weighted by atomic mass is 16.5. The molecule has 0 spiro atoms. The number of carbonyl (C=O) groups excluding carboxylic acids is 2. The summed E-state index contributed by atoms with van der Waals surface area (Å²) in [4.78, 5) is 27.1. The number of methoxy groups -OCH3 is 1. The third kappa shape index (κ3) is 1.70. The molecule has 0 saturated heterocycles. The minimum atomic E-state index is -1.35. The van der Waals surface area contributed by atoms with E-state index in [-0.39, 0.29) is 12.2 Å². The molecule has 0 radical (unpaired) electrons. The van der Waals surface area contributed by atoms with Crippen LogP contribution in [0, 0.1) is 0 Å². The van der Waals surface area contributed by atoms with E-state index in [2.05, 4.69) is 6.58 Å². The van der Waals surface area contributed by atoms with Gasteiger partial charge in [-0.3, -0.25) is 4.79 Å². The topological polar surface area (TPSA) is 46.6 Å². The van der Waals surface area contributed by atoms with E-state index in [1.54, 1.807) is 18.0 Å². The Morgan fingerprint density at radius 2 is 1.95 bits per heavy atom. The Balaban J connectivity index is 2.26. The number of esters is 1. The van der Waals surface area contributed by atoms with Crippen molar-refractivity contribution in [3.8, 4) is 0 Å². The number of hydrogen-bond donors (Lipinski definition) is 0. The molecular weight excluding hydrogens is 278 g/mol. The maximum atomic E-state index is 13.0. The van der Waals surface area contributed by atoms with E-state index >= 15 is 0 Å². The van der Waals surface area contributed by atoms with Crippen LogP contribution >= 0.6 is 0 Å². The molecule has 0 bridgehead atoms. The van der Waals surface area contributed by atoms with E-state index in [0.717, 1.165) is 16.5 Å². The first-order valence-electron chi connectivity index (χ1n) is 7.07. The van der Waals surface area contributed by atoms with E-state index in [1.165, 1.54) is 7.11 Å². The van der Waals surface area contributed by atoms with E-state index in [4.69, 9.17) is 4.74 Å². The standard InChI is InChI=1S/C18H17NO3/c1-4-9-18(17(21)22-3)16(20)14-10-12-7-5-6-8-13(12)11-15(14)19(18)2/h4-8,10-11H,1,9H2,2-3H3. The van der Waals surface area contributed by atoms with Crippen LogP contribution in [0.1, 0.15) is 16.8 Å². The Hall–Kier alpha value is -2.62. The van der Waals surface area contributed by atoms with Crippen molar-refractivity contribution in [3.63, 3.8) is 0 Å². The normalized spacial score (nSPS) is 20.1. The van der Waals surface area contributed by atoms with Crippen LogP contribution in [0.2, 0.25) is 0 Å². The highest BCUT2D eigenvalue weighted by Crippen LogP contribution is 2.42. The van der Waals surface area contributed by atoms with Crippen molar-refractivity contribution in [1.29, 1.82) is 0 Å². The van der Waals surface area contributed by atoms with Crippen molar-refractivity contribution in [2.24, 2.45) is 0 Å². The van der Waals surface area contributed by atoms with Gasteiger partial charge in [0.1, 0.15) is 0 Å². The molecule has 2 aromatic carbocycles. The monoisotopic (exact) mass is 295 g/mol. The lowest BCUT2D eigenvalue weighted by molar-refractivity contribution is -0.144. The van der Waals surface area contributed by atoms with Gasteiger partial charge in [-0.1, -0.05) is 30.3 Å². The smallest absolute Gasteiger partial charge is 0.340 e. The Kier molecular flexibility index (Phi) is 3.24. The van der Waals surface area contributed by atoms with E-state index in [0.29, 0.717) is 5.56 Å². The number of hydrogen-bond acceptors (Lipinski definition) is 4. The van der Waals surface area contributed by atoms with Crippen LogP contribution in [-0.2, 0) is 9.53 Å². The highest BCUT2D eigenvalue weighted by Gasteiger charge is 2.55. The lowest BCUT2D eigenvalue weighted by Crippen LogP contribution is -2.55. The van der Waals surface area contributed by atoms with Gasteiger partial charge in [-0.15, -0.1) is 6.58 Å². The Bertz CT molecular complexity index is 796. The van der Waals surface area contributed by atoms with Crippen molar-refractivity contribution in [2.45, 2.75) is 12.0 Å². The number of carbonyl (C=O) groups is 2. The van der Waals surface area contributed by atoms with Gasteiger partial charge in [0.2, 0.25) is 11.3 Å². The third-order valence-electron chi connectivity index (χ3n) is 4.38. The number of benzene rings is 2. The molecule has 2 aromatic rings. The molecule has 1 unspecified atom stereocenters. The van der Waals surface area contributed by atoms with Gasteiger partial charge in [0.25, 0.3) is 0 Å². The molecular formula is C18H17NO3. The molecule has 112 valence electrons. The first-order chi connectivity index (χ1) is 10.6. The summed E-state index contributed by atoms with van der Waals surface area (Å²) in [6.45, 7) is 3.69. The number of rotatable bonds is 3. The molecule has 4 heteroatoms. The number of ketones is 1. The summed E-state index contributed by atoms with van der Waals surface area (Å²) in [6.07, 6.45) is 1.79. The van der Waals surface area contributed by atoms with Crippen LogP contribution in [0.5, 0.6) is 0 Å². The molecule has 1 heterocycles. The number of nitrogens with zero attached hydrogens (tertiary/aromatic N) is 1. The van der Waals surface area contributed by atoms with E-state index in [9.17, 15) is 9.59 Å². The van der Waals surface area contributed by atoms with Crippen LogP contribution in [-0.4, -0.2) is 31.4 Å². The quantitative estimate of drug-likeness (QED) is 0.496. The van der Waals surface area contributed by atoms with Crippen molar-refractivity contribution >= 4 is 28.2 Å². The fourth-order valence-corrected chi connectivity index (χ4v) is 3.19. The van der Waals surface area contributed by atoms with Crippen molar-refractivity contribution in [2.75, 3.05) is 19.1 Å². The van der Waals surface area contributed by atoms with E-state index < -0.39 is 11.5 Å². The zero-order chi connectivity index (χ0) is 15.9. The summed E-state index contributed by atoms with van der Waals surface area (Å²) in [5, 5.41) is 2.00. The minimum Gasteiger partial charge on any atom is -0.467 e. The number of fused-ring (bicyclic) bond motifs is 2. The SMILES string of the molecule is C=CCC1(C(=O)OC)C(=O)c2cc3ccccc3cc2N1C. The minimum absolute atomic E-state index is 0.208. The molecule has 22 heavy (non-hydrogen) atoms. The molecule has 1 aliphatic heterocycles. The molecule has 0 N–H and O–H groups in total. The van der Waals surface area contributed by atoms with Crippen molar-refractivity contribution in [1.82, 2.24) is 0 Å². The fraction of sp³-hybridized carbons (Fsp3) is 0.222. The third-order valence-corrected chi connectivity index (χ3v) is 4.38. The average molecular weight is 295 g/mol. The molecule has 4 nitrogen and oxygen atoms in total. The summed E-state index contributed by atoms with van der Waals surface area (Å²) in [6, 6.07) is 11.6. The van der Waals surface area contributed by atoms with Gasteiger partial charge in [-0.2, -0.15) is 0 Å². The van der Waals surface area contributed by atoms with Crippen molar-refractivity contribution < 1.29 is 14.3 Å². The number of likely N-dealkylation sites (N-methyl/N-ethyl adjacent to an activating group) is 1. The van der Waals surface area contributed by atoms with E-state index in [1.807, 2.05) is 36.4 Å². The molecule has 1 atom stereocenters. The maximum absolute atomic E-state index is 13.0. The van der Waals surface area contributed by atoms with Gasteiger partial charge < -0.3 is 9.64 Å². The zero-order valence-corrected chi connectivity index (χ0v) is 12.6. The van der Waals surface area contributed by atoms with Gasteiger partial charge >= 0.3 is 5.97 Å². The second kappa shape index (κ2) is 4.98. The molecule has 1 aliphatic rings. The number of anilines is 1. The van der Waals surface area contributed by atoms with Crippen molar-refractivity contribution in [3.05, 3.63) is 54.6 Å². The largest absolute Gasteiger partial charge is 0.467 e.